The maximum Gasteiger partial charge on any atom is 0.0916 e. The first kappa shape index (κ1) is 10.3. The lowest BCUT2D eigenvalue weighted by atomic mass is 9.91. The van der Waals surface area contributed by atoms with Gasteiger partial charge >= 0.3 is 0 Å². The smallest absolute Gasteiger partial charge is 0.0916 e. The molecule has 0 saturated heterocycles. The van der Waals surface area contributed by atoms with Crippen molar-refractivity contribution in [2.24, 2.45) is 11.3 Å². The molecular weight excluding hydrogens is 136 g/mol. The zero-order valence-corrected chi connectivity index (χ0v) is 7.89. The molecule has 0 aromatic rings. The van der Waals surface area contributed by atoms with E-state index in [1.807, 2.05) is 39.8 Å². The van der Waals surface area contributed by atoms with Crippen LogP contribution in [0, 0.1) is 11.3 Å². The van der Waals surface area contributed by atoms with Crippen LogP contribution in [0.3, 0.4) is 0 Å². The summed E-state index contributed by atoms with van der Waals surface area (Å²) < 4.78 is 0. The molecule has 0 aromatic heterocycles. The van der Waals surface area contributed by atoms with Crippen LogP contribution in [0.2, 0.25) is 0 Å². The van der Waals surface area contributed by atoms with E-state index in [0.29, 0.717) is 5.76 Å². The van der Waals surface area contributed by atoms with E-state index in [1.54, 1.807) is 0 Å². The Morgan fingerprint density at radius 2 is 1.91 bits per heavy atom. The van der Waals surface area contributed by atoms with E-state index in [4.69, 9.17) is 0 Å². The van der Waals surface area contributed by atoms with Gasteiger partial charge in [-0.05, 0) is 6.08 Å². The van der Waals surface area contributed by atoms with E-state index >= 15 is 0 Å². The Balaban J connectivity index is 4.41. The maximum absolute atomic E-state index is 9.41. The van der Waals surface area contributed by atoms with Crippen molar-refractivity contribution in [3.8, 4) is 0 Å². The number of allylic oxidation sites excluding steroid dienone is 3. The molecule has 0 fully saturated rings. The summed E-state index contributed by atoms with van der Waals surface area (Å²) in [6, 6.07) is 0. The normalized spacial score (nSPS) is 13.7. The molecule has 1 heteroatoms. The molecule has 0 saturated carbocycles. The van der Waals surface area contributed by atoms with E-state index < -0.39 is 0 Å². The van der Waals surface area contributed by atoms with Gasteiger partial charge in [-0.3, -0.25) is 0 Å². The third-order valence-corrected chi connectivity index (χ3v) is 1.64. The molecule has 1 nitrogen and oxygen atoms in total. The summed E-state index contributed by atoms with van der Waals surface area (Å²) in [6.07, 6.45) is 3.66. The predicted molar refractivity (Wildman–Crippen MR) is 49.5 cm³/mol. The van der Waals surface area contributed by atoms with E-state index in [1.165, 1.54) is 0 Å². The Bertz CT molecular complexity index is 164. The van der Waals surface area contributed by atoms with Crippen LogP contribution in [0.25, 0.3) is 0 Å². The van der Waals surface area contributed by atoms with Gasteiger partial charge in [0, 0.05) is 11.3 Å². The van der Waals surface area contributed by atoms with Gasteiger partial charge in [-0.15, -0.1) is 6.58 Å². The zero-order chi connectivity index (χ0) is 9.07. The predicted octanol–water partition coefficient (Wildman–Crippen LogP) is 3.30. The van der Waals surface area contributed by atoms with Crippen molar-refractivity contribution in [3.63, 3.8) is 0 Å². The van der Waals surface area contributed by atoms with Crippen molar-refractivity contribution in [3.05, 3.63) is 24.5 Å². The van der Waals surface area contributed by atoms with Gasteiger partial charge < -0.3 is 5.11 Å². The average Bonchev–Trinajstić information content (AvgIpc) is 1.87. The van der Waals surface area contributed by atoms with Gasteiger partial charge in [-0.1, -0.05) is 33.8 Å². The van der Waals surface area contributed by atoms with Crippen molar-refractivity contribution in [2.75, 3.05) is 0 Å². The highest BCUT2D eigenvalue weighted by molar-refractivity contribution is 5.08. The van der Waals surface area contributed by atoms with Crippen molar-refractivity contribution in [1.82, 2.24) is 0 Å². The molecule has 0 heterocycles. The van der Waals surface area contributed by atoms with Crippen LogP contribution in [-0.2, 0) is 0 Å². The Labute approximate surface area is 69.4 Å². The second-order valence-electron chi connectivity index (χ2n) is 3.75. The molecule has 0 rings (SSSR count). The molecule has 0 radical (unpaired) electrons. The first-order valence-electron chi connectivity index (χ1n) is 3.94. The number of aliphatic hydroxyl groups is 1. The molecule has 0 aliphatic rings. The number of hydrogen-bond donors (Lipinski definition) is 1. The summed E-state index contributed by atoms with van der Waals surface area (Å²) in [7, 11) is 0. The summed E-state index contributed by atoms with van der Waals surface area (Å²) in [5.74, 6) is 0.643. The second-order valence-corrected chi connectivity index (χ2v) is 3.75. The largest absolute Gasteiger partial charge is 0.512 e. The number of rotatable bonds is 3. The first-order chi connectivity index (χ1) is 4.89. The van der Waals surface area contributed by atoms with Gasteiger partial charge in [0.05, 0.1) is 5.76 Å². The molecule has 0 spiro atoms. The summed E-state index contributed by atoms with van der Waals surface area (Å²) in [5, 5.41) is 9.41. The van der Waals surface area contributed by atoms with Gasteiger partial charge in [-0.2, -0.15) is 0 Å². The summed E-state index contributed by atoms with van der Waals surface area (Å²) >= 11 is 0. The van der Waals surface area contributed by atoms with Crippen LogP contribution in [0.1, 0.15) is 27.7 Å². The fraction of sp³-hybridized carbons (Fsp3) is 0.600. The van der Waals surface area contributed by atoms with Crippen molar-refractivity contribution in [1.29, 1.82) is 0 Å². The minimum absolute atomic E-state index is 0.103. The highest BCUT2D eigenvalue weighted by atomic mass is 16.3. The topological polar surface area (TPSA) is 20.2 Å². The molecule has 0 bridgehead atoms. The summed E-state index contributed by atoms with van der Waals surface area (Å²) in [6.45, 7) is 11.6. The van der Waals surface area contributed by atoms with Crippen LogP contribution in [0.5, 0.6) is 0 Å². The van der Waals surface area contributed by atoms with Gasteiger partial charge in [0.1, 0.15) is 0 Å². The van der Waals surface area contributed by atoms with Crippen molar-refractivity contribution < 1.29 is 5.11 Å². The number of aliphatic hydroxyl groups excluding tert-OH is 1. The Morgan fingerprint density at radius 1 is 1.45 bits per heavy atom. The molecular formula is C10H18O. The van der Waals surface area contributed by atoms with Crippen LogP contribution in [0.4, 0.5) is 0 Å². The van der Waals surface area contributed by atoms with Crippen LogP contribution < -0.4 is 0 Å². The van der Waals surface area contributed by atoms with E-state index in [9.17, 15) is 5.11 Å². The molecule has 0 aliphatic carbocycles. The quantitative estimate of drug-likeness (QED) is 0.488. The Hall–Kier alpha value is -0.720. The average molecular weight is 154 g/mol. The SMILES string of the molecule is C=CC(C)(C)C=C(O)C(C)C. The highest BCUT2D eigenvalue weighted by Crippen LogP contribution is 2.21. The second kappa shape index (κ2) is 3.61. The van der Waals surface area contributed by atoms with E-state index in [2.05, 4.69) is 6.58 Å². The molecule has 0 amide bonds. The van der Waals surface area contributed by atoms with Crippen LogP contribution in [0.15, 0.2) is 24.5 Å². The lowest BCUT2D eigenvalue weighted by molar-refractivity contribution is 0.340. The van der Waals surface area contributed by atoms with Gasteiger partial charge in [-0.25, -0.2) is 0 Å². The zero-order valence-electron chi connectivity index (χ0n) is 7.89. The first-order valence-corrected chi connectivity index (χ1v) is 3.94. The molecule has 0 atom stereocenters. The number of hydrogen-bond acceptors (Lipinski definition) is 1. The van der Waals surface area contributed by atoms with Crippen LogP contribution in [-0.4, -0.2) is 5.11 Å². The third kappa shape index (κ3) is 3.87. The van der Waals surface area contributed by atoms with Crippen molar-refractivity contribution >= 4 is 0 Å². The van der Waals surface area contributed by atoms with Crippen molar-refractivity contribution in [2.45, 2.75) is 27.7 Å². The van der Waals surface area contributed by atoms with Gasteiger partial charge in [0.2, 0.25) is 0 Å². The third-order valence-electron chi connectivity index (χ3n) is 1.64. The Kier molecular flexibility index (Phi) is 3.37. The molecule has 11 heavy (non-hydrogen) atoms. The Morgan fingerprint density at radius 3 is 2.18 bits per heavy atom. The minimum Gasteiger partial charge on any atom is -0.512 e. The summed E-state index contributed by atoms with van der Waals surface area (Å²) in [5.41, 5.74) is -0.103. The molecule has 0 aromatic carbocycles. The van der Waals surface area contributed by atoms with Gasteiger partial charge in [0.25, 0.3) is 0 Å². The molecule has 0 unspecified atom stereocenters. The molecule has 1 N–H and O–H groups in total. The maximum atomic E-state index is 9.41. The van der Waals surface area contributed by atoms with Crippen LogP contribution >= 0.6 is 0 Å². The molecule has 64 valence electrons. The fourth-order valence-electron chi connectivity index (χ4n) is 0.607. The van der Waals surface area contributed by atoms with Gasteiger partial charge in [0.15, 0.2) is 0 Å². The lowest BCUT2D eigenvalue weighted by Gasteiger charge is -2.16. The minimum atomic E-state index is -0.103. The lowest BCUT2D eigenvalue weighted by Crippen LogP contribution is -2.05. The highest BCUT2D eigenvalue weighted by Gasteiger charge is 2.11. The fourth-order valence-corrected chi connectivity index (χ4v) is 0.607. The van der Waals surface area contributed by atoms with E-state index in [-0.39, 0.29) is 11.3 Å². The standard InChI is InChI=1S/C10H18O/c1-6-10(4,5)7-9(11)8(2)3/h6-8,11H,1H2,2-5H3. The summed E-state index contributed by atoms with van der Waals surface area (Å²) in [4.78, 5) is 0. The monoisotopic (exact) mass is 154 g/mol. The molecule has 0 aliphatic heterocycles. The van der Waals surface area contributed by atoms with E-state index in [0.717, 1.165) is 0 Å².